The Kier molecular flexibility index (Phi) is 7.24. The van der Waals surface area contributed by atoms with Crippen LogP contribution >= 0.6 is 35.0 Å². The molecule has 11 heteroatoms. The van der Waals surface area contributed by atoms with Crippen LogP contribution in [0.1, 0.15) is 5.56 Å². The van der Waals surface area contributed by atoms with Crippen molar-refractivity contribution in [3.63, 3.8) is 0 Å². The van der Waals surface area contributed by atoms with Gasteiger partial charge in [-0.15, -0.1) is 0 Å². The third kappa shape index (κ3) is 5.17. The van der Waals surface area contributed by atoms with E-state index in [-0.39, 0.29) is 11.9 Å². The van der Waals surface area contributed by atoms with E-state index in [2.05, 4.69) is 20.5 Å². The molecule has 5 rings (SSSR count). The summed E-state index contributed by atoms with van der Waals surface area (Å²) >= 11 is 14.2. The summed E-state index contributed by atoms with van der Waals surface area (Å²) in [5, 5.41) is 8.77. The largest absolute Gasteiger partial charge is 0.365 e. The molecular weight excluding hydrogens is 493 g/mol. The molecule has 1 aromatic carbocycles. The van der Waals surface area contributed by atoms with E-state index in [9.17, 15) is 4.79 Å². The molecule has 34 heavy (non-hydrogen) atoms. The quantitative estimate of drug-likeness (QED) is 0.533. The van der Waals surface area contributed by atoms with Gasteiger partial charge < -0.3 is 20.4 Å². The number of aromatic nitrogens is 3. The van der Waals surface area contributed by atoms with Gasteiger partial charge in [-0.25, -0.2) is 4.98 Å². The van der Waals surface area contributed by atoms with E-state index in [1.54, 1.807) is 12.3 Å². The standard InChI is InChI=1S/C23H25Cl2N7OS/c24-16-4-3-15(18(25)12-16)13-28-21-17-2-1-5-27-20(17)29-23(30-21)32-9-7-31(8-10-32)22(33)19-14-34-11-6-26-19/h1-5,12,19,26H,6-11,13-14H2,(H,27,28,29,30)/t19-/m0/s1. The number of hydrogen-bond donors (Lipinski definition) is 2. The van der Waals surface area contributed by atoms with Crippen molar-refractivity contribution in [3.8, 4) is 0 Å². The number of hydrogen-bond acceptors (Lipinski definition) is 8. The fraction of sp³-hybridized carbons (Fsp3) is 0.391. The lowest BCUT2D eigenvalue weighted by atomic mass is 10.2. The molecule has 3 aromatic rings. The number of fused-ring (bicyclic) bond motifs is 1. The van der Waals surface area contributed by atoms with E-state index in [4.69, 9.17) is 33.2 Å². The van der Waals surface area contributed by atoms with E-state index in [0.29, 0.717) is 60.2 Å². The summed E-state index contributed by atoms with van der Waals surface area (Å²) in [5.41, 5.74) is 1.55. The molecule has 2 fully saturated rings. The summed E-state index contributed by atoms with van der Waals surface area (Å²) in [4.78, 5) is 30.9. The van der Waals surface area contributed by atoms with Gasteiger partial charge in [0.2, 0.25) is 11.9 Å². The van der Waals surface area contributed by atoms with Crippen LogP contribution in [0.5, 0.6) is 0 Å². The number of carbonyl (C=O) groups is 1. The highest BCUT2D eigenvalue weighted by atomic mass is 35.5. The summed E-state index contributed by atoms with van der Waals surface area (Å²) in [6.07, 6.45) is 1.73. The molecule has 2 aliphatic rings. The van der Waals surface area contributed by atoms with Gasteiger partial charge in [-0.2, -0.15) is 21.7 Å². The van der Waals surface area contributed by atoms with Crippen LogP contribution in [0, 0.1) is 0 Å². The molecule has 8 nitrogen and oxygen atoms in total. The number of nitrogens with one attached hydrogen (secondary N) is 2. The van der Waals surface area contributed by atoms with Crippen molar-refractivity contribution >= 4 is 63.7 Å². The number of nitrogens with zero attached hydrogens (tertiary/aromatic N) is 5. The minimum absolute atomic E-state index is 0.0816. The van der Waals surface area contributed by atoms with Crippen LogP contribution in [0.15, 0.2) is 36.5 Å². The number of pyridine rings is 1. The second-order valence-corrected chi connectivity index (χ2v) is 10.2. The predicted octanol–water partition coefficient (Wildman–Crippen LogP) is 3.30. The van der Waals surface area contributed by atoms with E-state index in [1.165, 1.54) is 0 Å². The van der Waals surface area contributed by atoms with Crippen molar-refractivity contribution in [2.24, 2.45) is 0 Å². The zero-order valence-corrected chi connectivity index (χ0v) is 20.8. The topological polar surface area (TPSA) is 86.3 Å². The van der Waals surface area contributed by atoms with Gasteiger partial charge in [0, 0.05) is 67.0 Å². The predicted molar refractivity (Wildman–Crippen MR) is 139 cm³/mol. The van der Waals surface area contributed by atoms with Crippen LogP contribution in [0.25, 0.3) is 11.0 Å². The molecule has 2 aliphatic heterocycles. The first-order chi connectivity index (χ1) is 16.6. The van der Waals surface area contributed by atoms with Crippen LogP contribution in [0.4, 0.5) is 11.8 Å². The molecule has 4 heterocycles. The van der Waals surface area contributed by atoms with Crippen LogP contribution in [0.3, 0.4) is 0 Å². The Hall–Kier alpha value is -2.33. The summed E-state index contributed by atoms with van der Waals surface area (Å²) in [6, 6.07) is 9.18. The third-order valence-electron chi connectivity index (χ3n) is 6.01. The van der Waals surface area contributed by atoms with Gasteiger partial charge in [-0.1, -0.05) is 29.3 Å². The van der Waals surface area contributed by atoms with E-state index in [1.807, 2.05) is 40.9 Å². The minimum Gasteiger partial charge on any atom is -0.365 e. The summed E-state index contributed by atoms with van der Waals surface area (Å²) in [7, 11) is 0. The lowest BCUT2D eigenvalue weighted by Crippen LogP contribution is -2.56. The first kappa shape index (κ1) is 23.4. The summed E-state index contributed by atoms with van der Waals surface area (Å²) < 4.78 is 0. The number of piperazine rings is 1. The molecule has 0 aliphatic carbocycles. The number of benzene rings is 1. The zero-order chi connectivity index (χ0) is 23.5. The van der Waals surface area contributed by atoms with Gasteiger partial charge in [0.15, 0.2) is 5.65 Å². The van der Waals surface area contributed by atoms with Crippen molar-refractivity contribution in [2.45, 2.75) is 12.6 Å². The molecular formula is C23H25Cl2N7OS. The number of rotatable bonds is 5. The normalized spacial score (nSPS) is 18.8. The number of halogens is 2. The Morgan fingerprint density at radius 1 is 1.18 bits per heavy atom. The molecule has 2 N–H and O–H groups in total. The maximum Gasteiger partial charge on any atom is 0.240 e. The molecule has 2 aromatic heterocycles. The van der Waals surface area contributed by atoms with E-state index >= 15 is 0 Å². The Morgan fingerprint density at radius 3 is 2.79 bits per heavy atom. The van der Waals surface area contributed by atoms with Gasteiger partial charge in [-0.05, 0) is 29.8 Å². The van der Waals surface area contributed by atoms with Crippen LogP contribution in [-0.4, -0.2) is 76.0 Å². The lowest BCUT2D eigenvalue weighted by molar-refractivity contribution is -0.133. The smallest absolute Gasteiger partial charge is 0.240 e. The van der Waals surface area contributed by atoms with Crippen molar-refractivity contribution in [2.75, 3.05) is 54.4 Å². The fourth-order valence-electron chi connectivity index (χ4n) is 4.14. The summed E-state index contributed by atoms with van der Waals surface area (Å²) in [5.74, 6) is 3.39. The number of amides is 1. The van der Waals surface area contributed by atoms with Gasteiger partial charge in [0.05, 0.1) is 11.4 Å². The van der Waals surface area contributed by atoms with Crippen LogP contribution < -0.4 is 15.5 Å². The van der Waals surface area contributed by atoms with Gasteiger partial charge in [-0.3, -0.25) is 4.79 Å². The molecule has 0 radical (unpaired) electrons. The van der Waals surface area contributed by atoms with E-state index in [0.717, 1.165) is 29.0 Å². The highest BCUT2D eigenvalue weighted by Gasteiger charge is 2.29. The molecule has 2 saturated heterocycles. The highest BCUT2D eigenvalue weighted by molar-refractivity contribution is 7.99. The molecule has 1 amide bonds. The average Bonchev–Trinajstić information content (AvgIpc) is 2.88. The number of anilines is 2. The zero-order valence-electron chi connectivity index (χ0n) is 18.5. The SMILES string of the molecule is O=C([C@@H]1CSCCN1)N1CCN(c2nc(NCc3ccc(Cl)cc3Cl)c3cccnc3n2)CC1. The maximum absolute atomic E-state index is 12.9. The second-order valence-electron chi connectivity index (χ2n) is 8.23. The summed E-state index contributed by atoms with van der Waals surface area (Å²) in [6.45, 7) is 4.02. The minimum atomic E-state index is -0.0816. The van der Waals surface area contributed by atoms with E-state index < -0.39 is 0 Å². The van der Waals surface area contributed by atoms with Crippen LogP contribution in [0.2, 0.25) is 10.0 Å². The average molecular weight is 518 g/mol. The van der Waals surface area contributed by atoms with Gasteiger partial charge in [0.25, 0.3) is 0 Å². The third-order valence-corrected chi connectivity index (χ3v) is 7.66. The molecule has 0 bridgehead atoms. The Bertz CT molecular complexity index is 1180. The molecule has 0 spiro atoms. The first-order valence-corrected chi connectivity index (χ1v) is 13.1. The number of carbonyl (C=O) groups excluding carboxylic acids is 1. The molecule has 1 atom stereocenters. The second kappa shape index (κ2) is 10.5. The fourth-order valence-corrected chi connectivity index (χ4v) is 5.54. The van der Waals surface area contributed by atoms with Crippen molar-refractivity contribution in [1.82, 2.24) is 25.2 Å². The Balaban J connectivity index is 1.31. The molecule has 0 saturated carbocycles. The first-order valence-electron chi connectivity index (χ1n) is 11.2. The Morgan fingerprint density at radius 2 is 2.03 bits per heavy atom. The highest BCUT2D eigenvalue weighted by Crippen LogP contribution is 2.26. The van der Waals surface area contributed by atoms with Crippen molar-refractivity contribution < 1.29 is 4.79 Å². The number of thioether (sulfide) groups is 1. The molecule has 0 unspecified atom stereocenters. The maximum atomic E-state index is 12.9. The van der Waals surface area contributed by atoms with Crippen molar-refractivity contribution in [3.05, 3.63) is 52.1 Å². The monoisotopic (exact) mass is 517 g/mol. The molecule has 178 valence electrons. The Labute approximate surface area is 212 Å². The van der Waals surface area contributed by atoms with Crippen molar-refractivity contribution in [1.29, 1.82) is 0 Å². The van der Waals surface area contributed by atoms with Gasteiger partial charge in [0.1, 0.15) is 5.82 Å². The van der Waals surface area contributed by atoms with Gasteiger partial charge >= 0.3 is 0 Å². The van der Waals surface area contributed by atoms with Crippen LogP contribution in [-0.2, 0) is 11.3 Å². The lowest BCUT2D eigenvalue weighted by Gasteiger charge is -2.37.